The molecule has 0 spiro atoms. The lowest BCUT2D eigenvalue weighted by Crippen LogP contribution is -2.09. The number of para-hydroxylation sites is 2. The molecule has 0 fully saturated rings. The average molecular weight is 431 g/mol. The van der Waals surface area contributed by atoms with E-state index in [0.29, 0.717) is 11.5 Å². The quantitative estimate of drug-likeness (QED) is 0.411. The fourth-order valence-electron chi connectivity index (χ4n) is 2.48. The first-order valence-electron chi connectivity index (χ1n) is 8.50. The standard InChI is InChI=1S/C18H22O8S2/c19-27(20,21)13-5-11-25-17-9-3-1-7-15(17)16-8-2-4-10-18(16)26-12-6-14-28(22,23)24/h1-4,7-10H,5-6,11-14H2,(H,19,20,21)(H,22,23,24). The second-order valence-electron chi connectivity index (χ2n) is 5.97. The number of ether oxygens (including phenoxy) is 2. The lowest BCUT2D eigenvalue weighted by atomic mass is 10.0. The van der Waals surface area contributed by atoms with Gasteiger partial charge in [-0.05, 0) is 25.0 Å². The molecule has 0 unspecified atom stereocenters. The van der Waals surface area contributed by atoms with Crippen LogP contribution in [0.25, 0.3) is 11.1 Å². The van der Waals surface area contributed by atoms with Gasteiger partial charge >= 0.3 is 0 Å². The molecule has 0 aliphatic carbocycles. The highest BCUT2D eigenvalue weighted by molar-refractivity contribution is 7.86. The molecule has 2 aromatic rings. The summed E-state index contributed by atoms with van der Waals surface area (Å²) in [5, 5.41) is 0. The molecule has 0 saturated heterocycles. The van der Waals surface area contributed by atoms with E-state index in [1.165, 1.54) is 0 Å². The second kappa shape index (κ2) is 9.87. The summed E-state index contributed by atoms with van der Waals surface area (Å²) < 4.78 is 72.1. The van der Waals surface area contributed by atoms with Crippen molar-refractivity contribution < 1.29 is 35.4 Å². The van der Waals surface area contributed by atoms with Gasteiger partial charge in [0.15, 0.2) is 0 Å². The SMILES string of the molecule is O=S(=O)(O)CCCOc1ccccc1-c1ccccc1OCCCS(=O)(=O)O. The molecule has 0 aromatic heterocycles. The van der Waals surface area contributed by atoms with E-state index in [1.807, 2.05) is 24.3 Å². The van der Waals surface area contributed by atoms with Crippen LogP contribution in [0, 0.1) is 0 Å². The molecule has 8 nitrogen and oxygen atoms in total. The van der Waals surface area contributed by atoms with Crippen LogP contribution < -0.4 is 9.47 Å². The lowest BCUT2D eigenvalue weighted by molar-refractivity contribution is 0.313. The van der Waals surface area contributed by atoms with Crippen LogP contribution in [0.2, 0.25) is 0 Å². The number of benzene rings is 2. The molecule has 2 rings (SSSR count). The maximum absolute atomic E-state index is 10.8. The maximum Gasteiger partial charge on any atom is 0.264 e. The molecule has 0 radical (unpaired) electrons. The molecule has 0 aliphatic rings. The number of rotatable bonds is 11. The lowest BCUT2D eigenvalue weighted by Gasteiger charge is -2.15. The fourth-order valence-corrected chi connectivity index (χ4v) is 3.44. The Morgan fingerprint density at radius 2 is 1.00 bits per heavy atom. The Hall–Kier alpha value is -2.14. The van der Waals surface area contributed by atoms with Gasteiger partial charge in [0.25, 0.3) is 20.2 Å². The van der Waals surface area contributed by atoms with Gasteiger partial charge in [-0.3, -0.25) is 9.11 Å². The van der Waals surface area contributed by atoms with Crippen molar-refractivity contribution in [2.24, 2.45) is 0 Å². The van der Waals surface area contributed by atoms with Gasteiger partial charge in [-0.1, -0.05) is 36.4 Å². The first-order valence-corrected chi connectivity index (χ1v) is 11.7. The Morgan fingerprint density at radius 1 is 0.643 bits per heavy atom. The maximum atomic E-state index is 10.8. The molecule has 2 N–H and O–H groups in total. The summed E-state index contributed by atoms with van der Waals surface area (Å²) in [5.41, 5.74) is 1.44. The largest absolute Gasteiger partial charge is 0.493 e. The van der Waals surface area contributed by atoms with Crippen molar-refractivity contribution in [3.8, 4) is 22.6 Å². The van der Waals surface area contributed by atoms with Crippen LogP contribution in [-0.4, -0.2) is 50.7 Å². The van der Waals surface area contributed by atoms with Gasteiger partial charge < -0.3 is 9.47 Å². The highest BCUT2D eigenvalue weighted by atomic mass is 32.2. The fraction of sp³-hybridized carbons (Fsp3) is 0.333. The van der Waals surface area contributed by atoms with E-state index in [9.17, 15) is 16.8 Å². The van der Waals surface area contributed by atoms with Gasteiger partial charge in [0.1, 0.15) is 11.5 Å². The summed E-state index contributed by atoms with van der Waals surface area (Å²) in [4.78, 5) is 0. The summed E-state index contributed by atoms with van der Waals surface area (Å²) in [7, 11) is -8.06. The summed E-state index contributed by atoms with van der Waals surface area (Å²) in [6.45, 7) is 0.211. The summed E-state index contributed by atoms with van der Waals surface area (Å²) in [6.07, 6.45) is 0.280. The van der Waals surface area contributed by atoms with Crippen LogP contribution in [0.3, 0.4) is 0 Å². The Morgan fingerprint density at radius 3 is 1.36 bits per heavy atom. The minimum atomic E-state index is -4.03. The first-order chi connectivity index (χ1) is 13.2. The van der Waals surface area contributed by atoms with Crippen molar-refractivity contribution in [1.82, 2.24) is 0 Å². The summed E-state index contributed by atoms with van der Waals surface area (Å²) >= 11 is 0. The van der Waals surface area contributed by atoms with Crippen LogP contribution in [-0.2, 0) is 20.2 Å². The smallest absolute Gasteiger partial charge is 0.264 e. The van der Waals surface area contributed by atoms with E-state index in [2.05, 4.69) is 0 Å². The second-order valence-corrected chi connectivity index (χ2v) is 9.11. The summed E-state index contributed by atoms with van der Waals surface area (Å²) in [6, 6.07) is 14.3. The predicted octanol–water partition coefficient (Wildman–Crippen LogP) is 2.67. The molecule has 0 atom stereocenters. The monoisotopic (exact) mass is 430 g/mol. The van der Waals surface area contributed by atoms with Crippen molar-refractivity contribution in [2.75, 3.05) is 24.7 Å². The van der Waals surface area contributed by atoms with Gasteiger partial charge in [-0.2, -0.15) is 16.8 Å². The van der Waals surface area contributed by atoms with Crippen molar-refractivity contribution >= 4 is 20.2 Å². The van der Waals surface area contributed by atoms with Gasteiger partial charge in [-0.25, -0.2) is 0 Å². The molecular formula is C18H22O8S2. The van der Waals surface area contributed by atoms with Crippen molar-refractivity contribution in [1.29, 1.82) is 0 Å². The Kier molecular flexibility index (Phi) is 7.81. The van der Waals surface area contributed by atoms with Gasteiger partial charge in [-0.15, -0.1) is 0 Å². The third-order valence-electron chi connectivity index (χ3n) is 3.67. The zero-order valence-corrected chi connectivity index (χ0v) is 16.7. The van der Waals surface area contributed by atoms with Crippen molar-refractivity contribution in [3.05, 3.63) is 48.5 Å². The molecule has 154 valence electrons. The highest BCUT2D eigenvalue weighted by Gasteiger charge is 2.12. The van der Waals surface area contributed by atoms with Gasteiger partial charge in [0, 0.05) is 11.1 Å². The zero-order chi connectivity index (χ0) is 20.6. The van der Waals surface area contributed by atoms with Crippen LogP contribution in [0.15, 0.2) is 48.5 Å². The molecule has 0 saturated carbocycles. The van der Waals surface area contributed by atoms with Crippen molar-refractivity contribution in [3.63, 3.8) is 0 Å². The molecule has 28 heavy (non-hydrogen) atoms. The van der Waals surface area contributed by atoms with Crippen LogP contribution in [0.4, 0.5) is 0 Å². The summed E-state index contributed by atoms with van der Waals surface area (Å²) in [5.74, 6) is 0.268. The normalized spacial score (nSPS) is 11.9. The van der Waals surface area contributed by atoms with Crippen molar-refractivity contribution in [2.45, 2.75) is 12.8 Å². The Balaban J connectivity index is 2.10. The topological polar surface area (TPSA) is 127 Å². The van der Waals surface area contributed by atoms with E-state index < -0.39 is 20.2 Å². The molecule has 10 heteroatoms. The van der Waals surface area contributed by atoms with E-state index >= 15 is 0 Å². The van der Waals surface area contributed by atoms with E-state index in [-0.39, 0.29) is 37.6 Å². The molecular weight excluding hydrogens is 408 g/mol. The minimum Gasteiger partial charge on any atom is -0.493 e. The molecule has 0 aliphatic heterocycles. The van der Waals surface area contributed by atoms with Crippen LogP contribution in [0.5, 0.6) is 11.5 Å². The van der Waals surface area contributed by atoms with Crippen LogP contribution >= 0.6 is 0 Å². The Labute approximate surface area is 164 Å². The molecule has 0 heterocycles. The zero-order valence-electron chi connectivity index (χ0n) is 15.0. The third-order valence-corrected chi connectivity index (χ3v) is 5.28. The van der Waals surface area contributed by atoms with E-state index in [1.54, 1.807) is 24.3 Å². The average Bonchev–Trinajstić information content (AvgIpc) is 2.62. The van der Waals surface area contributed by atoms with Crippen LogP contribution in [0.1, 0.15) is 12.8 Å². The number of hydrogen-bond donors (Lipinski definition) is 2. The molecule has 0 amide bonds. The minimum absolute atomic E-state index is 0.105. The Bertz CT molecular complexity index is 903. The first kappa shape index (κ1) is 22.2. The predicted molar refractivity (Wildman–Crippen MR) is 105 cm³/mol. The van der Waals surface area contributed by atoms with Gasteiger partial charge in [0.2, 0.25) is 0 Å². The molecule has 2 aromatic carbocycles. The molecule has 0 bridgehead atoms. The van der Waals surface area contributed by atoms with E-state index in [0.717, 1.165) is 11.1 Å². The van der Waals surface area contributed by atoms with Gasteiger partial charge in [0.05, 0.1) is 24.7 Å². The highest BCUT2D eigenvalue weighted by Crippen LogP contribution is 2.36. The third kappa shape index (κ3) is 7.85. The van der Waals surface area contributed by atoms with E-state index in [4.69, 9.17) is 18.6 Å². The number of hydrogen-bond acceptors (Lipinski definition) is 6.